The zero-order chi connectivity index (χ0) is 16.6. The molecule has 23 heavy (non-hydrogen) atoms. The summed E-state index contributed by atoms with van der Waals surface area (Å²) < 4.78 is 0. The summed E-state index contributed by atoms with van der Waals surface area (Å²) in [4.78, 5) is 34.9. The molecule has 1 aromatic carbocycles. The van der Waals surface area contributed by atoms with Crippen LogP contribution in [0.3, 0.4) is 0 Å². The molecule has 3 N–H and O–H groups in total. The van der Waals surface area contributed by atoms with Crippen LogP contribution in [-0.4, -0.2) is 28.1 Å². The minimum Gasteiger partial charge on any atom is -0.481 e. The minimum absolute atomic E-state index is 0.188. The lowest BCUT2D eigenvalue weighted by molar-refractivity contribution is -0.152. The fourth-order valence-electron chi connectivity index (χ4n) is 4.08. The van der Waals surface area contributed by atoms with Crippen molar-refractivity contribution in [3.8, 4) is 0 Å². The molecule has 3 rings (SSSR count). The fourth-order valence-corrected chi connectivity index (χ4v) is 4.08. The average molecular weight is 317 g/mol. The summed E-state index contributed by atoms with van der Waals surface area (Å²) in [6, 6.07) is 6.29. The van der Waals surface area contributed by atoms with Gasteiger partial charge < -0.3 is 15.5 Å². The molecular formula is C17H19NO5. The molecule has 6 nitrogen and oxygen atoms in total. The van der Waals surface area contributed by atoms with Gasteiger partial charge in [0.1, 0.15) is 0 Å². The summed E-state index contributed by atoms with van der Waals surface area (Å²) in [5.41, 5.74) is 0.218. The van der Waals surface area contributed by atoms with Crippen molar-refractivity contribution < 1.29 is 24.6 Å². The van der Waals surface area contributed by atoms with Gasteiger partial charge in [0.2, 0.25) is 5.91 Å². The van der Waals surface area contributed by atoms with Gasteiger partial charge in [-0.05, 0) is 49.3 Å². The van der Waals surface area contributed by atoms with Crippen LogP contribution >= 0.6 is 0 Å². The minimum atomic E-state index is -0.994. The molecule has 2 saturated carbocycles. The van der Waals surface area contributed by atoms with Crippen LogP contribution in [0.4, 0.5) is 0 Å². The first kappa shape index (κ1) is 15.5. The van der Waals surface area contributed by atoms with Crippen LogP contribution in [0, 0.1) is 17.3 Å². The van der Waals surface area contributed by atoms with Crippen LogP contribution in [0.15, 0.2) is 24.3 Å². The number of carboxylic acids is 2. The van der Waals surface area contributed by atoms with Crippen LogP contribution in [0.1, 0.15) is 41.6 Å². The van der Waals surface area contributed by atoms with Crippen LogP contribution in [-0.2, 0) is 16.1 Å². The molecule has 3 unspecified atom stereocenters. The Hall–Kier alpha value is -2.37. The first-order valence-electron chi connectivity index (χ1n) is 7.76. The maximum Gasteiger partial charge on any atom is 0.335 e. The summed E-state index contributed by atoms with van der Waals surface area (Å²) in [6.45, 7) is 0.275. The quantitative estimate of drug-likeness (QED) is 0.769. The standard InChI is InChI=1S/C17H19NO5/c19-14(20)12-3-1-10(2-4-12)9-18-16(23)17-6-5-11(8-17)7-13(17)15(21)22/h1-4,11,13H,5-9H2,(H,18,23)(H,19,20)(H,21,22). The van der Waals surface area contributed by atoms with Gasteiger partial charge >= 0.3 is 11.9 Å². The molecule has 2 fully saturated rings. The fraction of sp³-hybridized carbons (Fsp3) is 0.471. The van der Waals surface area contributed by atoms with E-state index in [2.05, 4.69) is 5.32 Å². The number of hydrogen-bond acceptors (Lipinski definition) is 3. The Morgan fingerprint density at radius 1 is 1.17 bits per heavy atom. The highest BCUT2D eigenvalue weighted by atomic mass is 16.4. The molecule has 6 heteroatoms. The Bertz CT molecular complexity index is 653. The third kappa shape index (κ3) is 2.69. The number of aliphatic carboxylic acids is 1. The Labute approximate surface area is 133 Å². The number of benzene rings is 1. The molecule has 1 aromatic rings. The highest BCUT2D eigenvalue weighted by Gasteiger charge is 2.59. The largest absolute Gasteiger partial charge is 0.481 e. The van der Waals surface area contributed by atoms with Crippen molar-refractivity contribution in [3.63, 3.8) is 0 Å². The zero-order valence-corrected chi connectivity index (χ0v) is 12.6. The highest BCUT2D eigenvalue weighted by molar-refractivity contribution is 5.89. The van der Waals surface area contributed by atoms with E-state index in [1.807, 2.05) is 0 Å². The highest BCUT2D eigenvalue weighted by Crippen LogP contribution is 2.57. The maximum absolute atomic E-state index is 12.6. The molecule has 2 bridgehead atoms. The molecule has 1 amide bonds. The van der Waals surface area contributed by atoms with E-state index < -0.39 is 23.3 Å². The monoisotopic (exact) mass is 317 g/mol. The third-order valence-electron chi connectivity index (χ3n) is 5.29. The second-order valence-corrected chi connectivity index (χ2v) is 6.58. The van der Waals surface area contributed by atoms with E-state index >= 15 is 0 Å². The summed E-state index contributed by atoms with van der Waals surface area (Å²) in [7, 11) is 0. The Morgan fingerprint density at radius 2 is 1.87 bits per heavy atom. The van der Waals surface area contributed by atoms with Gasteiger partial charge in [-0.15, -0.1) is 0 Å². The summed E-state index contributed by atoms with van der Waals surface area (Å²) >= 11 is 0. The lowest BCUT2D eigenvalue weighted by Gasteiger charge is -2.31. The molecule has 0 radical (unpaired) electrons. The topological polar surface area (TPSA) is 104 Å². The van der Waals surface area contributed by atoms with E-state index in [4.69, 9.17) is 5.11 Å². The predicted molar refractivity (Wildman–Crippen MR) is 80.8 cm³/mol. The van der Waals surface area contributed by atoms with Gasteiger partial charge in [-0.25, -0.2) is 4.79 Å². The summed E-state index contributed by atoms with van der Waals surface area (Å²) in [5.74, 6) is -2.31. The molecule has 122 valence electrons. The van der Waals surface area contributed by atoms with Gasteiger partial charge in [0.05, 0.1) is 16.9 Å². The van der Waals surface area contributed by atoms with E-state index in [1.54, 1.807) is 12.1 Å². The predicted octanol–water partition coefficient (Wildman–Crippen LogP) is 1.89. The zero-order valence-electron chi connectivity index (χ0n) is 12.6. The summed E-state index contributed by atoms with van der Waals surface area (Å²) in [5, 5.41) is 21.1. The lowest BCUT2D eigenvalue weighted by atomic mass is 9.74. The Morgan fingerprint density at radius 3 is 2.43 bits per heavy atom. The molecule has 0 heterocycles. The molecule has 0 aromatic heterocycles. The SMILES string of the molecule is O=C(O)c1ccc(CNC(=O)C23CCC(CC2C(=O)O)C3)cc1. The number of carboxylic acid groups (broad SMARTS) is 2. The Balaban J connectivity index is 1.67. The first-order valence-corrected chi connectivity index (χ1v) is 7.76. The number of rotatable bonds is 5. The normalized spacial score (nSPS) is 28.5. The maximum atomic E-state index is 12.6. The van der Waals surface area contributed by atoms with Crippen molar-refractivity contribution in [2.45, 2.75) is 32.2 Å². The average Bonchev–Trinajstić information content (AvgIpc) is 3.12. The molecule has 0 aliphatic heterocycles. The third-order valence-corrected chi connectivity index (χ3v) is 5.29. The van der Waals surface area contributed by atoms with E-state index in [-0.39, 0.29) is 18.0 Å². The second kappa shape index (κ2) is 5.68. The van der Waals surface area contributed by atoms with E-state index in [0.717, 1.165) is 12.0 Å². The molecular weight excluding hydrogens is 298 g/mol. The van der Waals surface area contributed by atoms with Crippen LogP contribution < -0.4 is 5.32 Å². The molecule has 0 spiro atoms. The van der Waals surface area contributed by atoms with Crippen molar-refractivity contribution in [1.82, 2.24) is 5.32 Å². The van der Waals surface area contributed by atoms with Crippen molar-refractivity contribution in [2.24, 2.45) is 17.3 Å². The van der Waals surface area contributed by atoms with Gasteiger partial charge in [0, 0.05) is 6.54 Å². The van der Waals surface area contributed by atoms with E-state index in [0.29, 0.717) is 25.2 Å². The Kier molecular flexibility index (Phi) is 3.83. The van der Waals surface area contributed by atoms with Crippen LogP contribution in [0.5, 0.6) is 0 Å². The molecule has 0 saturated heterocycles. The van der Waals surface area contributed by atoms with E-state index in [1.165, 1.54) is 12.1 Å². The van der Waals surface area contributed by atoms with Crippen LogP contribution in [0.2, 0.25) is 0 Å². The van der Waals surface area contributed by atoms with Gasteiger partial charge in [-0.1, -0.05) is 12.1 Å². The first-order chi connectivity index (χ1) is 10.9. The van der Waals surface area contributed by atoms with Gasteiger partial charge in [-0.3, -0.25) is 9.59 Å². The number of hydrogen-bond donors (Lipinski definition) is 3. The number of amides is 1. The summed E-state index contributed by atoms with van der Waals surface area (Å²) in [6.07, 6.45) is 2.81. The van der Waals surface area contributed by atoms with Crippen molar-refractivity contribution in [2.75, 3.05) is 0 Å². The molecule has 3 atom stereocenters. The second-order valence-electron chi connectivity index (χ2n) is 6.58. The van der Waals surface area contributed by atoms with Crippen molar-refractivity contribution in [3.05, 3.63) is 35.4 Å². The number of nitrogens with one attached hydrogen (secondary N) is 1. The molecule has 2 aliphatic rings. The number of carbonyl (C=O) groups excluding carboxylic acids is 1. The van der Waals surface area contributed by atoms with Gasteiger partial charge in [0.15, 0.2) is 0 Å². The number of carbonyl (C=O) groups is 3. The van der Waals surface area contributed by atoms with Gasteiger partial charge in [-0.2, -0.15) is 0 Å². The lowest BCUT2D eigenvalue weighted by Crippen LogP contribution is -2.45. The molecule has 2 aliphatic carbocycles. The van der Waals surface area contributed by atoms with Crippen molar-refractivity contribution in [1.29, 1.82) is 0 Å². The number of fused-ring (bicyclic) bond motifs is 2. The smallest absolute Gasteiger partial charge is 0.335 e. The van der Waals surface area contributed by atoms with E-state index in [9.17, 15) is 19.5 Å². The van der Waals surface area contributed by atoms with Gasteiger partial charge in [0.25, 0.3) is 0 Å². The number of aromatic carboxylic acids is 1. The van der Waals surface area contributed by atoms with Crippen LogP contribution in [0.25, 0.3) is 0 Å². The van der Waals surface area contributed by atoms with Crippen molar-refractivity contribution >= 4 is 17.8 Å².